The van der Waals surface area contributed by atoms with E-state index in [1.807, 2.05) is 0 Å². The third-order valence-electron chi connectivity index (χ3n) is 3.17. The second-order valence-corrected chi connectivity index (χ2v) is 4.36. The van der Waals surface area contributed by atoms with Crippen LogP contribution in [-0.4, -0.2) is 29.1 Å². The van der Waals surface area contributed by atoms with Gasteiger partial charge in [0.25, 0.3) is 0 Å². The minimum Gasteiger partial charge on any atom is -0.353 e. The molecule has 0 radical (unpaired) electrons. The maximum absolute atomic E-state index is 5.58. The summed E-state index contributed by atoms with van der Waals surface area (Å²) in [4.78, 5) is 2.56. The lowest BCUT2D eigenvalue weighted by molar-refractivity contribution is 0.221. The van der Waals surface area contributed by atoms with E-state index < -0.39 is 0 Å². The molecule has 2 rings (SSSR count). The fourth-order valence-corrected chi connectivity index (χ4v) is 2.19. The molecule has 0 spiro atoms. The summed E-state index contributed by atoms with van der Waals surface area (Å²) in [5, 5.41) is 0. The molecule has 1 aromatic heterocycles. The van der Waals surface area contributed by atoms with Crippen molar-refractivity contribution in [3.8, 4) is 0 Å². The zero-order valence-electron chi connectivity index (χ0n) is 9.36. The number of nitrogens with two attached hydrogens (primary N) is 1. The van der Waals surface area contributed by atoms with Gasteiger partial charge in [-0.15, -0.1) is 0 Å². The van der Waals surface area contributed by atoms with E-state index in [9.17, 15) is 0 Å². The van der Waals surface area contributed by atoms with Crippen molar-refractivity contribution in [2.45, 2.75) is 32.4 Å². The number of nitrogens with zero attached hydrogens (tertiary/aromatic N) is 2. The highest BCUT2D eigenvalue weighted by atomic mass is 15.1. The molecule has 0 unspecified atom stereocenters. The highest BCUT2D eigenvalue weighted by molar-refractivity contribution is 5.09. The van der Waals surface area contributed by atoms with Gasteiger partial charge in [0.2, 0.25) is 0 Å². The lowest BCUT2D eigenvalue weighted by Gasteiger charge is -2.26. The van der Waals surface area contributed by atoms with E-state index in [1.54, 1.807) is 0 Å². The van der Waals surface area contributed by atoms with E-state index in [1.165, 1.54) is 44.5 Å². The summed E-state index contributed by atoms with van der Waals surface area (Å²) in [7, 11) is 0. The van der Waals surface area contributed by atoms with Crippen molar-refractivity contribution in [2.75, 3.05) is 19.6 Å². The average molecular weight is 207 g/mol. The second-order valence-electron chi connectivity index (χ2n) is 4.36. The van der Waals surface area contributed by atoms with Crippen molar-refractivity contribution in [2.24, 2.45) is 5.73 Å². The molecule has 0 aliphatic carbocycles. The first-order valence-corrected chi connectivity index (χ1v) is 5.95. The third kappa shape index (κ3) is 3.08. The molecule has 1 saturated heterocycles. The van der Waals surface area contributed by atoms with Crippen LogP contribution < -0.4 is 5.73 Å². The Labute approximate surface area is 91.9 Å². The predicted molar refractivity (Wildman–Crippen MR) is 62.6 cm³/mol. The Balaban J connectivity index is 1.76. The molecule has 1 aromatic rings. The van der Waals surface area contributed by atoms with Gasteiger partial charge in [-0.05, 0) is 37.6 Å². The number of aromatic nitrogens is 1. The number of rotatable bonds is 4. The summed E-state index contributed by atoms with van der Waals surface area (Å²) in [6.45, 7) is 5.49. The predicted octanol–water partition coefficient (Wildman–Crippen LogP) is 1.43. The molecule has 1 aliphatic heterocycles. The summed E-state index contributed by atoms with van der Waals surface area (Å²) in [6, 6.07) is 2.11. The molecule has 15 heavy (non-hydrogen) atoms. The molecule has 0 atom stereocenters. The summed E-state index contributed by atoms with van der Waals surface area (Å²) >= 11 is 0. The molecule has 3 heteroatoms. The number of likely N-dealkylation sites (tertiary alicyclic amines) is 1. The summed E-state index contributed by atoms with van der Waals surface area (Å²) in [5.74, 6) is 0. The van der Waals surface area contributed by atoms with E-state index in [0.717, 1.165) is 6.54 Å². The van der Waals surface area contributed by atoms with Crippen LogP contribution in [0.5, 0.6) is 0 Å². The highest BCUT2D eigenvalue weighted by Crippen LogP contribution is 2.08. The largest absolute Gasteiger partial charge is 0.353 e. The van der Waals surface area contributed by atoms with Crippen molar-refractivity contribution in [1.82, 2.24) is 9.47 Å². The van der Waals surface area contributed by atoms with Crippen molar-refractivity contribution in [3.63, 3.8) is 0 Å². The minimum atomic E-state index is 0.650. The molecule has 1 fully saturated rings. The highest BCUT2D eigenvalue weighted by Gasteiger charge is 2.09. The maximum Gasteiger partial charge on any atom is 0.0347 e. The van der Waals surface area contributed by atoms with Crippen LogP contribution in [0.15, 0.2) is 18.5 Å². The van der Waals surface area contributed by atoms with Gasteiger partial charge in [0.15, 0.2) is 0 Å². The Morgan fingerprint density at radius 3 is 2.60 bits per heavy atom. The van der Waals surface area contributed by atoms with Crippen LogP contribution in [0.1, 0.15) is 24.8 Å². The van der Waals surface area contributed by atoms with Crippen LogP contribution in [0, 0.1) is 0 Å². The molecule has 0 aromatic carbocycles. The topological polar surface area (TPSA) is 34.2 Å². The van der Waals surface area contributed by atoms with Gasteiger partial charge >= 0.3 is 0 Å². The Hall–Kier alpha value is -0.800. The van der Waals surface area contributed by atoms with Gasteiger partial charge < -0.3 is 15.2 Å². The number of piperidine rings is 1. The lowest BCUT2D eigenvalue weighted by atomic mass is 10.1. The first kappa shape index (κ1) is 10.7. The third-order valence-corrected chi connectivity index (χ3v) is 3.17. The van der Waals surface area contributed by atoms with Crippen LogP contribution >= 0.6 is 0 Å². The quantitative estimate of drug-likeness (QED) is 0.810. The lowest BCUT2D eigenvalue weighted by Crippen LogP contribution is -2.32. The first-order chi connectivity index (χ1) is 7.38. The monoisotopic (exact) mass is 207 g/mol. The fraction of sp³-hybridized carbons (Fsp3) is 0.667. The van der Waals surface area contributed by atoms with Gasteiger partial charge in [-0.25, -0.2) is 0 Å². The zero-order chi connectivity index (χ0) is 10.5. The molecule has 3 nitrogen and oxygen atoms in total. The van der Waals surface area contributed by atoms with Crippen LogP contribution in [0.25, 0.3) is 0 Å². The van der Waals surface area contributed by atoms with Gasteiger partial charge in [0.05, 0.1) is 0 Å². The normalized spacial score (nSPS) is 18.2. The fourth-order valence-electron chi connectivity index (χ4n) is 2.19. The Bertz CT molecular complexity index is 287. The summed E-state index contributed by atoms with van der Waals surface area (Å²) in [6.07, 6.45) is 8.45. The first-order valence-electron chi connectivity index (χ1n) is 5.95. The molecular weight excluding hydrogens is 186 g/mol. The van der Waals surface area contributed by atoms with Gasteiger partial charge in [0, 0.05) is 32.0 Å². The molecule has 1 aliphatic rings. The van der Waals surface area contributed by atoms with Crippen LogP contribution in [0.4, 0.5) is 0 Å². The SMILES string of the molecule is NCc1ccn(CCN2CCCCC2)c1. The minimum absolute atomic E-state index is 0.650. The van der Waals surface area contributed by atoms with Crippen LogP contribution in [0.3, 0.4) is 0 Å². The molecular formula is C12H21N3. The van der Waals surface area contributed by atoms with Crippen LogP contribution in [0.2, 0.25) is 0 Å². The second kappa shape index (κ2) is 5.33. The Morgan fingerprint density at radius 2 is 1.93 bits per heavy atom. The molecule has 0 saturated carbocycles. The van der Waals surface area contributed by atoms with Crippen molar-refractivity contribution < 1.29 is 0 Å². The number of hydrogen-bond acceptors (Lipinski definition) is 2. The van der Waals surface area contributed by atoms with E-state index >= 15 is 0 Å². The standard InChI is InChI=1S/C12H21N3/c13-10-12-4-7-15(11-12)9-8-14-5-2-1-3-6-14/h4,7,11H,1-3,5-6,8-10,13H2. The van der Waals surface area contributed by atoms with Crippen molar-refractivity contribution in [1.29, 1.82) is 0 Å². The number of hydrogen-bond donors (Lipinski definition) is 1. The maximum atomic E-state index is 5.58. The van der Waals surface area contributed by atoms with E-state index in [-0.39, 0.29) is 0 Å². The average Bonchev–Trinajstić information content (AvgIpc) is 2.76. The smallest absolute Gasteiger partial charge is 0.0347 e. The summed E-state index contributed by atoms with van der Waals surface area (Å²) < 4.78 is 2.25. The van der Waals surface area contributed by atoms with Gasteiger partial charge in [-0.1, -0.05) is 6.42 Å². The Kier molecular flexibility index (Phi) is 3.80. The Morgan fingerprint density at radius 1 is 1.13 bits per heavy atom. The van der Waals surface area contributed by atoms with Crippen molar-refractivity contribution in [3.05, 3.63) is 24.0 Å². The van der Waals surface area contributed by atoms with Gasteiger partial charge in [-0.3, -0.25) is 0 Å². The molecule has 2 heterocycles. The van der Waals surface area contributed by atoms with Crippen LogP contribution in [-0.2, 0) is 13.1 Å². The summed E-state index contributed by atoms with van der Waals surface area (Å²) in [5.41, 5.74) is 6.81. The molecule has 2 N–H and O–H groups in total. The van der Waals surface area contributed by atoms with E-state index in [4.69, 9.17) is 5.73 Å². The van der Waals surface area contributed by atoms with E-state index in [0.29, 0.717) is 6.54 Å². The molecule has 0 bridgehead atoms. The molecule has 84 valence electrons. The van der Waals surface area contributed by atoms with Gasteiger partial charge in [-0.2, -0.15) is 0 Å². The van der Waals surface area contributed by atoms with Crippen molar-refractivity contribution >= 4 is 0 Å². The zero-order valence-corrected chi connectivity index (χ0v) is 9.36. The van der Waals surface area contributed by atoms with Gasteiger partial charge in [0.1, 0.15) is 0 Å². The molecule has 0 amide bonds. The van der Waals surface area contributed by atoms with E-state index in [2.05, 4.69) is 27.9 Å².